The number of nitrogens with zero attached hydrogens (tertiary/aromatic N) is 1. The molecule has 2 aromatic rings. The van der Waals surface area contributed by atoms with E-state index in [0.29, 0.717) is 6.79 Å². The largest absolute Gasteiger partial charge is 1.00 e. The molecule has 0 bridgehead atoms. The Morgan fingerprint density at radius 1 is 1.00 bits per heavy atom. The number of quaternary nitrogens is 1. The quantitative estimate of drug-likeness (QED) is 0.444. The number of fused-ring (bicyclic) bond motifs is 3. The fourth-order valence-electron chi connectivity index (χ4n) is 4.41. The van der Waals surface area contributed by atoms with Crippen molar-refractivity contribution < 1.29 is 52.1 Å². The summed E-state index contributed by atoms with van der Waals surface area (Å²) in [5, 5.41) is 0. The molecule has 3 aliphatic heterocycles. The van der Waals surface area contributed by atoms with Crippen LogP contribution in [0.15, 0.2) is 24.3 Å². The molecule has 150 valence electrons. The molecule has 2 aromatic carbocycles. The van der Waals surface area contributed by atoms with E-state index in [9.17, 15) is 0 Å². The lowest BCUT2D eigenvalue weighted by atomic mass is 9.86. The molecule has 0 saturated heterocycles. The van der Waals surface area contributed by atoms with Crippen molar-refractivity contribution in [2.75, 3.05) is 41.3 Å². The Morgan fingerprint density at radius 2 is 1.75 bits per heavy atom. The number of ether oxygens (including phenoxy) is 5. The van der Waals surface area contributed by atoms with Crippen LogP contribution in [0, 0.1) is 0 Å². The summed E-state index contributed by atoms with van der Waals surface area (Å²) in [4.78, 5) is 0. The Labute approximate surface area is 181 Å². The van der Waals surface area contributed by atoms with Gasteiger partial charge in [-0.3, -0.25) is 0 Å². The first kappa shape index (κ1) is 19.4. The summed E-state index contributed by atoms with van der Waals surface area (Å²) in [6.45, 7) is 1.61. The number of rotatable bonds is 3. The molecular weight excluding hydrogens is 473 g/mol. The molecule has 0 saturated carbocycles. The highest BCUT2D eigenvalue weighted by Gasteiger charge is 2.41. The zero-order chi connectivity index (χ0) is 18.6. The van der Waals surface area contributed by atoms with Gasteiger partial charge in [0.1, 0.15) is 6.04 Å². The predicted octanol–water partition coefficient (Wildman–Crippen LogP) is 0.0729. The minimum absolute atomic E-state index is 0. The number of methoxy groups -OCH3 is 1. The average molecular weight is 497 g/mol. The Kier molecular flexibility index (Phi) is 4.99. The zero-order valence-corrected chi connectivity index (χ0v) is 18.4. The van der Waals surface area contributed by atoms with Crippen molar-refractivity contribution >= 4 is 0 Å². The van der Waals surface area contributed by atoms with Gasteiger partial charge < -0.3 is 52.1 Å². The van der Waals surface area contributed by atoms with Crippen LogP contribution >= 0.6 is 0 Å². The Morgan fingerprint density at radius 3 is 2.57 bits per heavy atom. The van der Waals surface area contributed by atoms with Crippen molar-refractivity contribution in [3.05, 3.63) is 41.0 Å². The van der Waals surface area contributed by atoms with Crippen molar-refractivity contribution in [2.24, 2.45) is 0 Å². The van der Waals surface area contributed by atoms with Crippen LogP contribution in [-0.4, -0.2) is 45.8 Å². The molecule has 6 nitrogen and oxygen atoms in total. The average Bonchev–Trinajstić information content (AvgIpc) is 3.30. The van der Waals surface area contributed by atoms with Crippen molar-refractivity contribution in [1.29, 1.82) is 0 Å². The van der Waals surface area contributed by atoms with E-state index in [1.165, 1.54) is 16.7 Å². The second-order valence-electron chi connectivity index (χ2n) is 7.88. The van der Waals surface area contributed by atoms with Gasteiger partial charge in [0.2, 0.25) is 19.3 Å². The minimum atomic E-state index is 0. The molecule has 0 N–H and O–H groups in total. The molecule has 0 amide bonds. The second-order valence-corrected chi connectivity index (χ2v) is 7.88. The Bertz CT molecular complexity index is 914. The molecular formula is C21H24INO5. The Hall–Kier alpha value is -1.87. The van der Waals surface area contributed by atoms with Crippen LogP contribution in [0.1, 0.15) is 22.7 Å². The molecule has 7 heteroatoms. The monoisotopic (exact) mass is 497 g/mol. The zero-order valence-electron chi connectivity index (χ0n) is 16.3. The number of likely N-dealkylation sites (N-methyl/N-ethyl adjacent to an activating group) is 1. The van der Waals surface area contributed by atoms with Gasteiger partial charge in [-0.25, -0.2) is 0 Å². The lowest BCUT2D eigenvalue weighted by Gasteiger charge is -2.43. The van der Waals surface area contributed by atoms with E-state index < -0.39 is 0 Å². The fourth-order valence-corrected chi connectivity index (χ4v) is 4.41. The van der Waals surface area contributed by atoms with E-state index in [0.717, 1.165) is 52.6 Å². The first-order valence-corrected chi connectivity index (χ1v) is 9.27. The van der Waals surface area contributed by atoms with Crippen LogP contribution in [0.25, 0.3) is 0 Å². The van der Waals surface area contributed by atoms with Gasteiger partial charge in [0.25, 0.3) is 0 Å². The smallest absolute Gasteiger partial charge is 0.231 e. The third-order valence-electron chi connectivity index (χ3n) is 5.95. The standard InChI is InChI=1S/C21H24NO5.HI/c1-22(2)7-6-14-10-18-20(27-12-26-18)21(23-3)19(14)15(22)8-13-4-5-16-17(9-13)25-11-24-16;/h4-5,9-10,15H,6-8,11-12H2,1-3H3;1H/q+1;/p-1. The topological polar surface area (TPSA) is 46.2 Å². The predicted molar refractivity (Wildman–Crippen MR) is 98.8 cm³/mol. The number of hydrogen-bond acceptors (Lipinski definition) is 5. The maximum atomic E-state index is 5.83. The van der Waals surface area contributed by atoms with Crippen LogP contribution < -0.4 is 47.7 Å². The van der Waals surface area contributed by atoms with Crippen LogP contribution in [-0.2, 0) is 12.8 Å². The molecule has 3 aliphatic rings. The fraction of sp³-hybridized carbons (Fsp3) is 0.429. The SMILES string of the molecule is COc1c2c(cc3c1C(Cc1ccc4c(c1)OCO4)[N+](C)(C)CC3)OCO2.[I-]. The van der Waals surface area contributed by atoms with E-state index in [1.54, 1.807) is 7.11 Å². The molecule has 0 spiro atoms. The van der Waals surface area contributed by atoms with Crippen LogP contribution in [0.2, 0.25) is 0 Å². The van der Waals surface area contributed by atoms with Crippen molar-refractivity contribution in [3.63, 3.8) is 0 Å². The lowest BCUT2D eigenvalue weighted by Crippen LogP contribution is -3.00. The first-order valence-electron chi connectivity index (χ1n) is 9.27. The third kappa shape index (κ3) is 3.04. The highest BCUT2D eigenvalue weighted by Crippen LogP contribution is 2.51. The van der Waals surface area contributed by atoms with Crippen molar-refractivity contribution in [3.8, 4) is 28.7 Å². The molecule has 5 rings (SSSR count). The minimum Gasteiger partial charge on any atom is -1.00 e. The Balaban J connectivity index is 0.00000192. The summed E-state index contributed by atoms with van der Waals surface area (Å²) in [7, 11) is 6.28. The van der Waals surface area contributed by atoms with Crippen LogP contribution in [0.4, 0.5) is 0 Å². The molecule has 0 radical (unpaired) electrons. The van der Waals surface area contributed by atoms with E-state index in [2.05, 4.69) is 32.3 Å². The molecule has 0 fully saturated rings. The van der Waals surface area contributed by atoms with Crippen LogP contribution in [0.3, 0.4) is 0 Å². The van der Waals surface area contributed by atoms with E-state index in [1.807, 2.05) is 6.07 Å². The van der Waals surface area contributed by atoms with Gasteiger partial charge in [-0.2, -0.15) is 0 Å². The summed E-state index contributed by atoms with van der Waals surface area (Å²) in [5.74, 6) is 3.98. The van der Waals surface area contributed by atoms with Gasteiger partial charge in [-0.1, -0.05) is 6.07 Å². The maximum Gasteiger partial charge on any atom is 0.231 e. The van der Waals surface area contributed by atoms with E-state index >= 15 is 0 Å². The van der Waals surface area contributed by atoms with Gasteiger partial charge in [0, 0.05) is 12.8 Å². The normalized spacial score (nSPS) is 20.3. The molecule has 28 heavy (non-hydrogen) atoms. The van der Waals surface area contributed by atoms with Gasteiger partial charge in [-0.15, -0.1) is 0 Å². The van der Waals surface area contributed by atoms with Gasteiger partial charge in [0.05, 0.1) is 33.3 Å². The summed E-state index contributed by atoms with van der Waals surface area (Å²) in [6, 6.07) is 8.60. The molecule has 1 atom stereocenters. The summed E-state index contributed by atoms with van der Waals surface area (Å²) < 4.78 is 29.1. The first-order chi connectivity index (χ1) is 13.1. The van der Waals surface area contributed by atoms with E-state index in [4.69, 9.17) is 23.7 Å². The van der Waals surface area contributed by atoms with Gasteiger partial charge >= 0.3 is 0 Å². The highest BCUT2D eigenvalue weighted by atomic mass is 127. The lowest BCUT2D eigenvalue weighted by molar-refractivity contribution is -0.923. The van der Waals surface area contributed by atoms with Crippen molar-refractivity contribution in [2.45, 2.75) is 18.9 Å². The van der Waals surface area contributed by atoms with Gasteiger partial charge in [-0.05, 0) is 29.3 Å². The number of benzene rings is 2. The van der Waals surface area contributed by atoms with Crippen LogP contribution in [0.5, 0.6) is 28.7 Å². The molecule has 3 heterocycles. The molecule has 0 aromatic heterocycles. The summed E-state index contributed by atoms with van der Waals surface area (Å²) >= 11 is 0. The summed E-state index contributed by atoms with van der Waals surface area (Å²) in [6.07, 6.45) is 1.87. The highest BCUT2D eigenvalue weighted by molar-refractivity contribution is 5.61. The number of halogens is 1. The second kappa shape index (κ2) is 7.18. The van der Waals surface area contributed by atoms with Gasteiger partial charge in [0.15, 0.2) is 23.0 Å². The summed E-state index contributed by atoms with van der Waals surface area (Å²) in [5.41, 5.74) is 3.75. The molecule has 0 aliphatic carbocycles. The third-order valence-corrected chi connectivity index (χ3v) is 5.95. The number of hydrogen-bond donors (Lipinski definition) is 0. The molecule has 1 unspecified atom stereocenters. The van der Waals surface area contributed by atoms with Crippen molar-refractivity contribution in [1.82, 2.24) is 0 Å². The van der Waals surface area contributed by atoms with E-state index in [-0.39, 0.29) is 36.8 Å². The maximum absolute atomic E-state index is 5.83.